The molecular weight excluding hydrogens is 315 g/mol. The van der Waals surface area contributed by atoms with Crippen LogP contribution in [0.1, 0.15) is 32.8 Å². The van der Waals surface area contributed by atoms with Gasteiger partial charge < -0.3 is 5.32 Å². The molecule has 0 amide bonds. The highest BCUT2D eigenvalue weighted by atomic mass is 35.5. The molecule has 0 saturated heterocycles. The number of halogens is 2. The van der Waals surface area contributed by atoms with Crippen molar-refractivity contribution in [1.82, 2.24) is 10.0 Å². The lowest BCUT2D eigenvalue weighted by atomic mass is 10.1. The van der Waals surface area contributed by atoms with Gasteiger partial charge in [-0.25, -0.2) is 17.5 Å². The molecule has 0 aliphatic heterocycles. The summed E-state index contributed by atoms with van der Waals surface area (Å²) in [6.45, 7) is 5.95. The fourth-order valence-electron chi connectivity index (χ4n) is 2.22. The Balaban J connectivity index is 3.13. The van der Waals surface area contributed by atoms with Crippen molar-refractivity contribution in [2.45, 2.75) is 44.7 Å². The van der Waals surface area contributed by atoms with Crippen molar-refractivity contribution in [2.75, 3.05) is 7.05 Å². The van der Waals surface area contributed by atoms with Gasteiger partial charge in [0.2, 0.25) is 10.0 Å². The highest BCUT2D eigenvalue weighted by Crippen LogP contribution is 2.24. The molecule has 0 aromatic heterocycles. The molecule has 2 N–H and O–H groups in total. The monoisotopic (exact) mass is 336 g/mol. The van der Waals surface area contributed by atoms with Crippen LogP contribution < -0.4 is 10.0 Å². The Morgan fingerprint density at radius 2 is 1.90 bits per heavy atom. The van der Waals surface area contributed by atoms with E-state index in [1.165, 1.54) is 6.07 Å². The highest BCUT2D eigenvalue weighted by molar-refractivity contribution is 7.89. The Kier molecular flexibility index (Phi) is 6.59. The zero-order valence-corrected chi connectivity index (χ0v) is 14.3. The van der Waals surface area contributed by atoms with Gasteiger partial charge in [0.15, 0.2) is 0 Å². The van der Waals surface area contributed by atoms with Gasteiger partial charge in [0.05, 0.1) is 0 Å². The number of hydrogen-bond acceptors (Lipinski definition) is 3. The first-order valence-corrected chi connectivity index (χ1v) is 8.68. The molecule has 0 spiro atoms. The van der Waals surface area contributed by atoms with E-state index in [0.717, 1.165) is 6.07 Å². The summed E-state index contributed by atoms with van der Waals surface area (Å²) in [6.07, 6.45) is 0.671. The van der Waals surface area contributed by atoms with Crippen LogP contribution in [0.5, 0.6) is 0 Å². The largest absolute Gasteiger partial charge is 0.316 e. The second-order valence-corrected chi connectivity index (χ2v) is 7.68. The van der Waals surface area contributed by atoms with Gasteiger partial charge in [-0.05, 0) is 38.4 Å². The number of benzene rings is 1. The van der Waals surface area contributed by atoms with E-state index in [9.17, 15) is 12.8 Å². The Morgan fingerprint density at radius 1 is 1.29 bits per heavy atom. The number of nitrogens with one attached hydrogen (secondary N) is 2. The minimum Gasteiger partial charge on any atom is -0.316 e. The standard InChI is InChI=1S/C14H22ClFN2O2S/c1-9(2)5-10(3)18-21(19,20)13-7-12(15)6-11(8-17-4)14(13)16/h6-7,9-10,17-18H,5,8H2,1-4H3. The van der Waals surface area contributed by atoms with Crippen LogP contribution in [0.2, 0.25) is 5.02 Å². The average Bonchev–Trinajstić information content (AvgIpc) is 2.31. The number of hydrogen-bond donors (Lipinski definition) is 2. The van der Waals surface area contributed by atoms with Gasteiger partial charge in [-0.15, -0.1) is 0 Å². The smallest absolute Gasteiger partial charge is 0.243 e. The van der Waals surface area contributed by atoms with Gasteiger partial charge in [-0.2, -0.15) is 0 Å². The third-order valence-corrected chi connectivity index (χ3v) is 4.72. The van der Waals surface area contributed by atoms with Gasteiger partial charge in [-0.3, -0.25) is 0 Å². The lowest BCUT2D eigenvalue weighted by Gasteiger charge is -2.17. The zero-order chi connectivity index (χ0) is 16.2. The summed E-state index contributed by atoms with van der Waals surface area (Å²) in [5.74, 6) is -0.426. The van der Waals surface area contributed by atoms with Gasteiger partial charge in [0.1, 0.15) is 10.7 Å². The molecule has 0 radical (unpaired) electrons. The van der Waals surface area contributed by atoms with Crippen molar-refractivity contribution in [3.05, 3.63) is 28.5 Å². The van der Waals surface area contributed by atoms with Crippen LogP contribution in [0, 0.1) is 11.7 Å². The molecule has 4 nitrogen and oxygen atoms in total. The second-order valence-electron chi connectivity index (χ2n) is 5.56. The van der Waals surface area contributed by atoms with Crippen molar-refractivity contribution in [3.8, 4) is 0 Å². The van der Waals surface area contributed by atoms with Crippen LogP contribution >= 0.6 is 11.6 Å². The second kappa shape index (κ2) is 7.54. The SMILES string of the molecule is CNCc1cc(Cl)cc(S(=O)(=O)NC(C)CC(C)C)c1F. The van der Waals surface area contributed by atoms with Crippen molar-refractivity contribution in [3.63, 3.8) is 0 Å². The van der Waals surface area contributed by atoms with E-state index >= 15 is 0 Å². The number of sulfonamides is 1. The van der Waals surface area contributed by atoms with Gasteiger partial charge in [0.25, 0.3) is 0 Å². The minimum atomic E-state index is -3.94. The molecule has 1 atom stereocenters. The first kappa shape index (κ1) is 18.4. The molecule has 1 rings (SSSR count). The van der Waals surface area contributed by atoms with Crippen LogP contribution in [-0.2, 0) is 16.6 Å². The predicted octanol–water partition coefficient (Wildman–Crippen LogP) is 2.91. The summed E-state index contributed by atoms with van der Waals surface area (Å²) in [5, 5.41) is 2.98. The van der Waals surface area contributed by atoms with Crippen LogP contribution in [0.4, 0.5) is 4.39 Å². The van der Waals surface area contributed by atoms with Gasteiger partial charge >= 0.3 is 0 Å². The summed E-state index contributed by atoms with van der Waals surface area (Å²) in [5.41, 5.74) is 0.224. The topological polar surface area (TPSA) is 58.2 Å². The minimum absolute atomic E-state index is 0.193. The third-order valence-electron chi connectivity index (χ3n) is 2.92. The van der Waals surface area contributed by atoms with Crippen LogP contribution in [0.25, 0.3) is 0 Å². The maximum Gasteiger partial charge on any atom is 0.243 e. The quantitative estimate of drug-likeness (QED) is 0.805. The normalized spacial score (nSPS) is 13.7. The van der Waals surface area contributed by atoms with E-state index in [1.807, 2.05) is 13.8 Å². The molecule has 7 heteroatoms. The van der Waals surface area contributed by atoms with E-state index in [0.29, 0.717) is 12.3 Å². The Labute approximate surface area is 131 Å². The summed E-state index contributed by atoms with van der Waals surface area (Å²) >= 11 is 5.90. The molecular formula is C14H22ClFN2O2S. The summed E-state index contributed by atoms with van der Waals surface area (Å²) in [4.78, 5) is -0.407. The molecule has 0 fully saturated rings. The van der Waals surface area contributed by atoms with E-state index in [2.05, 4.69) is 10.0 Å². The first-order chi connectivity index (χ1) is 9.67. The molecule has 0 heterocycles. The fraction of sp³-hybridized carbons (Fsp3) is 0.571. The fourth-order valence-corrected chi connectivity index (χ4v) is 3.92. The summed E-state index contributed by atoms with van der Waals surface area (Å²) in [7, 11) is -2.29. The molecule has 21 heavy (non-hydrogen) atoms. The van der Waals surface area contributed by atoms with E-state index in [4.69, 9.17) is 11.6 Å². The van der Waals surface area contributed by atoms with Crippen molar-refractivity contribution >= 4 is 21.6 Å². The van der Waals surface area contributed by atoms with Crippen molar-refractivity contribution < 1.29 is 12.8 Å². The van der Waals surface area contributed by atoms with E-state index < -0.39 is 20.7 Å². The molecule has 1 aromatic rings. The Hall–Kier alpha value is -0.690. The molecule has 1 unspecified atom stereocenters. The number of rotatable bonds is 7. The molecule has 0 aliphatic carbocycles. The summed E-state index contributed by atoms with van der Waals surface area (Å²) < 4.78 is 41.5. The van der Waals surface area contributed by atoms with Crippen LogP contribution in [-0.4, -0.2) is 21.5 Å². The molecule has 0 bridgehead atoms. The van der Waals surface area contributed by atoms with Gasteiger partial charge in [0, 0.05) is 23.2 Å². The predicted molar refractivity (Wildman–Crippen MR) is 83.4 cm³/mol. The average molecular weight is 337 g/mol. The van der Waals surface area contributed by atoms with E-state index in [1.54, 1.807) is 14.0 Å². The third kappa shape index (κ3) is 5.21. The van der Waals surface area contributed by atoms with Gasteiger partial charge in [-0.1, -0.05) is 25.4 Å². The van der Waals surface area contributed by atoms with Crippen LogP contribution in [0.3, 0.4) is 0 Å². The summed E-state index contributed by atoms with van der Waals surface area (Å²) in [6, 6.07) is 2.28. The lowest BCUT2D eigenvalue weighted by molar-refractivity contribution is 0.479. The van der Waals surface area contributed by atoms with Crippen LogP contribution in [0.15, 0.2) is 17.0 Å². The maximum atomic E-state index is 14.3. The van der Waals surface area contributed by atoms with E-state index in [-0.39, 0.29) is 23.2 Å². The first-order valence-electron chi connectivity index (χ1n) is 6.82. The maximum absolute atomic E-state index is 14.3. The zero-order valence-electron chi connectivity index (χ0n) is 12.7. The van der Waals surface area contributed by atoms with Crippen molar-refractivity contribution in [2.24, 2.45) is 5.92 Å². The van der Waals surface area contributed by atoms with Crippen molar-refractivity contribution in [1.29, 1.82) is 0 Å². The lowest BCUT2D eigenvalue weighted by Crippen LogP contribution is -2.34. The molecule has 0 aliphatic rings. The molecule has 0 saturated carbocycles. The molecule has 1 aromatic carbocycles. The Bertz CT molecular complexity index is 591. The highest BCUT2D eigenvalue weighted by Gasteiger charge is 2.24. The Morgan fingerprint density at radius 3 is 2.43 bits per heavy atom. The molecule has 120 valence electrons.